The molecule has 9 nitrogen and oxygen atoms in total. The second-order valence-corrected chi connectivity index (χ2v) is 11.4. The second kappa shape index (κ2) is 11.6. The number of aromatic nitrogens is 2. The molecular formula is C27H24F5N7O2S. The number of rotatable bonds is 7. The first-order chi connectivity index (χ1) is 19.6. The standard InChI is InChI=1S/C27H24F5N7O2S/c1-39(2)24-19(14-34-25(38-24)35-17-5-4-6-18(13-17)42(3,33)41)15-7-10-22(21(29)11-15)36-26(40)37-23-12-16(27(30,31)32)8-9-20(23)28/h4-14,33H,1-3H3,(H,34,35,38)(H2,36,37,40)/t42-/m0/s1. The Morgan fingerprint density at radius 2 is 1.67 bits per heavy atom. The van der Waals surface area contributed by atoms with E-state index in [1.807, 2.05) is 5.32 Å². The molecule has 0 saturated heterocycles. The number of amides is 2. The molecule has 2 amide bonds. The lowest BCUT2D eigenvalue weighted by Crippen LogP contribution is -2.21. The van der Waals surface area contributed by atoms with Gasteiger partial charge < -0.3 is 20.9 Å². The van der Waals surface area contributed by atoms with E-state index in [-0.39, 0.29) is 11.6 Å². The molecule has 1 atom stereocenters. The van der Waals surface area contributed by atoms with Crippen LogP contribution in [0.15, 0.2) is 71.8 Å². The van der Waals surface area contributed by atoms with Crippen LogP contribution in [0.2, 0.25) is 0 Å². The van der Waals surface area contributed by atoms with Gasteiger partial charge in [-0.3, -0.25) is 0 Å². The van der Waals surface area contributed by atoms with Gasteiger partial charge in [-0.2, -0.15) is 18.2 Å². The lowest BCUT2D eigenvalue weighted by molar-refractivity contribution is -0.137. The zero-order valence-electron chi connectivity index (χ0n) is 22.3. The molecule has 15 heteroatoms. The molecule has 220 valence electrons. The van der Waals surface area contributed by atoms with Crippen molar-refractivity contribution >= 4 is 44.6 Å². The molecule has 0 aliphatic heterocycles. The van der Waals surface area contributed by atoms with Gasteiger partial charge in [-0.25, -0.2) is 27.5 Å². The molecule has 0 saturated carbocycles. The van der Waals surface area contributed by atoms with Crippen molar-refractivity contribution in [3.63, 3.8) is 0 Å². The van der Waals surface area contributed by atoms with Gasteiger partial charge in [0.15, 0.2) is 0 Å². The van der Waals surface area contributed by atoms with Crippen LogP contribution in [-0.2, 0) is 15.9 Å². The quantitative estimate of drug-likeness (QED) is 0.170. The van der Waals surface area contributed by atoms with Crippen LogP contribution in [0, 0.1) is 16.4 Å². The van der Waals surface area contributed by atoms with E-state index in [1.165, 1.54) is 24.6 Å². The normalized spacial score (nSPS) is 12.8. The predicted molar refractivity (Wildman–Crippen MR) is 151 cm³/mol. The second-order valence-electron chi connectivity index (χ2n) is 9.29. The van der Waals surface area contributed by atoms with Crippen molar-refractivity contribution in [2.24, 2.45) is 0 Å². The summed E-state index contributed by atoms with van der Waals surface area (Å²) in [4.78, 5) is 23.1. The van der Waals surface area contributed by atoms with Crippen molar-refractivity contribution in [1.29, 1.82) is 4.78 Å². The topological polar surface area (TPSA) is 123 Å². The van der Waals surface area contributed by atoms with E-state index in [9.17, 15) is 31.0 Å². The van der Waals surface area contributed by atoms with Gasteiger partial charge in [-0.05, 0) is 54.1 Å². The van der Waals surface area contributed by atoms with Crippen molar-refractivity contribution in [3.8, 4) is 11.1 Å². The molecule has 0 aliphatic rings. The van der Waals surface area contributed by atoms with E-state index in [0.29, 0.717) is 45.7 Å². The third-order valence-corrected chi connectivity index (χ3v) is 6.96. The fourth-order valence-electron chi connectivity index (χ4n) is 3.78. The molecule has 1 heterocycles. The van der Waals surface area contributed by atoms with E-state index in [0.717, 1.165) is 6.07 Å². The summed E-state index contributed by atoms with van der Waals surface area (Å²) in [5, 5.41) is 7.10. The Bertz CT molecular complexity index is 1760. The highest BCUT2D eigenvalue weighted by atomic mass is 32.2. The first-order valence-corrected chi connectivity index (χ1v) is 14.0. The third-order valence-electron chi connectivity index (χ3n) is 5.80. The highest BCUT2D eigenvalue weighted by Crippen LogP contribution is 2.33. The average molecular weight is 606 g/mol. The minimum Gasteiger partial charge on any atom is -0.362 e. The molecule has 3 aromatic carbocycles. The highest BCUT2D eigenvalue weighted by Gasteiger charge is 2.31. The van der Waals surface area contributed by atoms with Crippen LogP contribution >= 0.6 is 0 Å². The monoisotopic (exact) mass is 605 g/mol. The Labute approximate surface area is 237 Å². The predicted octanol–water partition coefficient (Wildman–Crippen LogP) is 6.93. The summed E-state index contributed by atoms with van der Waals surface area (Å²) in [7, 11) is 0.494. The van der Waals surface area contributed by atoms with Crippen molar-refractivity contribution in [1.82, 2.24) is 9.97 Å². The molecule has 4 rings (SSSR count). The highest BCUT2D eigenvalue weighted by molar-refractivity contribution is 7.91. The minimum atomic E-state index is -4.75. The van der Waals surface area contributed by atoms with Gasteiger partial charge >= 0.3 is 12.2 Å². The summed E-state index contributed by atoms with van der Waals surface area (Å²) in [6, 6.07) is 10.7. The van der Waals surface area contributed by atoms with Crippen LogP contribution in [0.4, 0.5) is 55.6 Å². The summed E-state index contributed by atoms with van der Waals surface area (Å²) < 4.78 is 87.6. The Hall–Kier alpha value is -4.79. The van der Waals surface area contributed by atoms with E-state index >= 15 is 0 Å². The maximum Gasteiger partial charge on any atom is 0.416 e. The number of carbonyl (C=O) groups excluding carboxylic acids is 1. The van der Waals surface area contributed by atoms with Crippen LogP contribution in [0.1, 0.15) is 5.56 Å². The van der Waals surface area contributed by atoms with Crippen molar-refractivity contribution in [2.75, 3.05) is 41.2 Å². The van der Waals surface area contributed by atoms with E-state index in [4.69, 9.17) is 4.78 Å². The first kappa shape index (κ1) is 30.2. The van der Waals surface area contributed by atoms with Crippen molar-refractivity contribution in [3.05, 3.63) is 84.1 Å². The summed E-state index contributed by atoms with van der Waals surface area (Å²) >= 11 is 0. The number of anilines is 5. The SMILES string of the molecule is CN(C)c1nc(Nc2cccc([S@@](C)(=N)=O)c2)ncc1-c1ccc(NC(=O)Nc2cc(C(F)(F)F)ccc2F)c(F)c1. The largest absolute Gasteiger partial charge is 0.416 e. The van der Waals surface area contributed by atoms with Crippen LogP contribution in [-0.4, -0.2) is 40.6 Å². The number of hydrogen-bond acceptors (Lipinski definition) is 7. The third kappa shape index (κ3) is 7.09. The fourth-order valence-corrected chi connectivity index (χ4v) is 4.47. The van der Waals surface area contributed by atoms with E-state index in [1.54, 1.807) is 43.3 Å². The maximum atomic E-state index is 15.0. The van der Waals surface area contributed by atoms with Crippen LogP contribution in [0.5, 0.6) is 0 Å². The van der Waals surface area contributed by atoms with Gasteiger partial charge in [0.05, 0.1) is 26.7 Å². The number of alkyl halides is 3. The van der Waals surface area contributed by atoms with Gasteiger partial charge in [-0.1, -0.05) is 12.1 Å². The molecular weight excluding hydrogens is 581 g/mol. The Morgan fingerprint density at radius 3 is 2.31 bits per heavy atom. The lowest BCUT2D eigenvalue weighted by Gasteiger charge is -2.18. The number of nitrogens with one attached hydrogen (secondary N) is 4. The minimum absolute atomic E-state index is 0.185. The maximum absolute atomic E-state index is 15.0. The smallest absolute Gasteiger partial charge is 0.362 e. The van der Waals surface area contributed by atoms with Crippen molar-refractivity contribution < 1.29 is 31.0 Å². The number of hydrogen-bond donors (Lipinski definition) is 4. The van der Waals surface area contributed by atoms with Crippen molar-refractivity contribution in [2.45, 2.75) is 11.1 Å². The number of urea groups is 1. The first-order valence-electron chi connectivity index (χ1n) is 12.0. The molecule has 0 bridgehead atoms. The zero-order chi connectivity index (χ0) is 30.8. The van der Waals surface area contributed by atoms with Crippen LogP contribution in [0.25, 0.3) is 11.1 Å². The molecule has 0 fully saturated rings. The molecule has 0 spiro atoms. The molecule has 4 N–H and O–H groups in total. The van der Waals surface area contributed by atoms with Crippen LogP contribution in [0.3, 0.4) is 0 Å². The van der Waals surface area contributed by atoms with E-state index < -0.39 is 44.8 Å². The fraction of sp³-hybridized carbons (Fsp3) is 0.148. The Kier molecular flexibility index (Phi) is 8.33. The summed E-state index contributed by atoms with van der Waals surface area (Å²) in [6.07, 6.45) is -1.99. The number of benzene rings is 3. The molecule has 42 heavy (non-hydrogen) atoms. The summed E-state index contributed by atoms with van der Waals surface area (Å²) in [5.41, 5.74) is -0.909. The zero-order valence-corrected chi connectivity index (χ0v) is 23.1. The van der Waals surface area contributed by atoms with Gasteiger partial charge in [-0.15, -0.1) is 0 Å². The van der Waals surface area contributed by atoms with Crippen LogP contribution < -0.4 is 20.9 Å². The number of nitrogens with zero attached hydrogens (tertiary/aromatic N) is 3. The molecule has 4 aromatic rings. The number of carbonyl (C=O) groups is 1. The molecule has 0 radical (unpaired) electrons. The Morgan fingerprint density at radius 1 is 0.952 bits per heavy atom. The summed E-state index contributed by atoms with van der Waals surface area (Å²) in [6.45, 7) is 0. The molecule has 1 aromatic heterocycles. The number of halogens is 5. The Balaban J connectivity index is 1.54. The average Bonchev–Trinajstić information content (AvgIpc) is 2.90. The lowest BCUT2D eigenvalue weighted by atomic mass is 10.1. The summed E-state index contributed by atoms with van der Waals surface area (Å²) in [5.74, 6) is -1.39. The molecule has 0 unspecified atom stereocenters. The van der Waals surface area contributed by atoms with E-state index in [2.05, 4.69) is 20.6 Å². The van der Waals surface area contributed by atoms with Gasteiger partial charge in [0.25, 0.3) is 0 Å². The molecule has 0 aliphatic carbocycles. The van der Waals surface area contributed by atoms with Gasteiger partial charge in [0.2, 0.25) is 5.95 Å². The van der Waals surface area contributed by atoms with Gasteiger partial charge in [0, 0.05) is 42.7 Å². The van der Waals surface area contributed by atoms with Gasteiger partial charge in [0.1, 0.15) is 17.5 Å².